The van der Waals surface area contributed by atoms with Gasteiger partial charge in [0.25, 0.3) is 9.05 Å². The molecule has 0 aromatic heterocycles. The van der Waals surface area contributed by atoms with Gasteiger partial charge in [0.15, 0.2) is 0 Å². The van der Waals surface area contributed by atoms with Crippen molar-refractivity contribution in [2.24, 2.45) is 0 Å². The molecule has 0 aliphatic rings. The van der Waals surface area contributed by atoms with Gasteiger partial charge < -0.3 is 4.74 Å². The molecule has 82 valence electrons. The lowest BCUT2D eigenvalue weighted by molar-refractivity contribution is 0.362. The SMILES string of the molecule is C/C=C/COc1ccc(S(=O)(=O)Cl)cc1. The molecule has 5 heteroatoms. The third-order valence-corrected chi connectivity index (χ3v) is 3.06. The van der Waals surface area contributed by atoms with E-state index in [1.54, 1.807) is 12.1 Å². The van der Waals surface area contributed by atoms with Gasteiger partial charge in [-0.25, -0.2) is 8.42 Å². The van der Waals surface area contributed by atoms with Gasteiger partial charge in [0, 0.05) is 10.7 Å². The monoisotopic (exact) mass is 246 g/mol. The van der Waals surface area contributed by atoms with Crippen LogP contribution in [0.3, 0.4) is 0 Å². The smallest absolute Gasteiger partial charge is 0.261 e. The van der Waals surface area contributed by atoms with Crippen LogP contribution in [0, 0.1) is 0 Å². The van der Waals surface area contributed by atoms with Crippen molar-refractivity contribution >= 4 is 19.7 Å². The Hall–Kier alpha value is -1.00. The van der Waals surface area contributed by atoms with Gasteiger partial charge in [0.05, 0.1) is 4.90 Å². The molecule has 1 rings (SSSR count). The summed E-state index contributed by atoms with van der Waals surface area (Å²) in [6.07, 6.45) is 3.73. The summed E-state index contributed by atoms with van der Waals surface area (Å²) in [5, 5.41) is 0. The first-order valence-electron chi connectivity index (χ1n) is 4.32. The van der Waals surface area contributed by atoms with Crippen LogP contribution < -0.4 is 4.74 Å². The highest BCUT2D eigenvalue weighted by atomic mass is 35.7. The third-order valence-electron chi connectivity index (χ3n) is 1.69. The molecule has 0 amide bonds. The number of halogens is 1. The molecule has 0 spiro atoms. The van der Waals surface area contributed by atoms with Crippen LogP contribution in [0.1, 0.15) is 6.92 Å². The van der Waals surface area contributed by atoms with Crippen molar-refractivity contribution in [2.45, 2.75) is 11.8 Å². The highest BCUT2D eigenvalue weighted by Crippen LogP contribution is 2.18. The van der Waals surface area contributed by atoms with Crippen molar-refractivity contribution in [2.75, 3.05) is 6.61 Å². The Morgan fingerprint density at radius 1 is 1.33 bits per heavy atom. The molecule has 0 unspecified atom stereocenters. The summed E-state index contributed by atoms with van der Waals surface area (Å²) in [4.78, 5) is 0.0718. The van der Waals surface area contributed by atoms with Crippen molar-refractivity contribution in [1.29, 1.82) is 0 Å². The van der Waals surface area contributed by atoms with Crippen molar-refractivity contribution in [3.8, 4) is 5.75 Å². The van der Waals surface area contributed by atoms with Crippen LogP contribution in [-0.2, 0) is 9.05 Å². The molecule has 0 saturated heterocycles. The van der Waals surface area contributed by atoms with Gasteiger partial charge in [0.2, 0.25) is 0 Å². The zero-order chi connectivity index (χ0) is 11.3. The molecule has 0 aliphatic heterocycles. The Morgan fingerprint density at radius 3 is 2.40 bits per heavy atom. The maximum Gasteiger partial charge on any atom is 0.261 e. The summed E-state index contributed by atoms with van der Waals surface area (Å²) in [6.45, 7) is 2.36. The standard InChI is InChI=1S/C10H11ClO3S/c1-2-3-8-14-9-4-6-10(7-5-9)15(11,12)13/h2-7H,8H2,1H3/b3-2+. The minimum atomic E-state index is -3.64. The number of hydrogen-bond donors (Lipinski definition) is 0. The lowest BCUT2D eigenvalue weighted by Crippen LogP contribution is -1.94. The summed E-state index contributed by atoms with van der Waals surface area (Å²) in [7, 11) is 1.52. The molecule has 0 bridgehead atoms. The van der Waals surface area contributed by atoms with Crippen molar-refractivity contribution in [3.63, 3.8) is 0 Å². The molecule has 0 aliphatic carbocycles. The summed E-state index contributed by atoms with van der Waals surface area (Å²) in [6, 6.07) is 5.96. The van der Waals surface area contributed by atoms with Gasteiger partial charge in [-0.05, 0) is 31.2 Å². The fourth-order valence-electron chi connectivity index (χ4n) is 0.939. The minimum absolute atomic E-state index is 0.0718. The molecule has 1 aromatic rings. The van der Waals surface area contributed by atoms with Gasteiger partial charge in [-0.1, -0.05) is 12.2 Å². The van der Waals surface area contributed by atoms with E-state index in [4.69, 9.17) is 15.4 Å². The largest absolute Gasteiger partial charge is 0.490 e. The van der Waals surface area contributed by atoms with Crippen LogP contribution in [0.5, 0.6) is 5.75 Å². The van der Waals surface area contributed by atoms with E-state index in [-0.39, 0.29) is 4.90 Å². The summed E-state index contributed by atoms with van der Waals surface area (Å²) in [5.41, 5.74) is 0. The van der Waals surface area contributed by atoms with E-state index in [9.17, 15) is 8.42 Å². The van der Waals surface area contributed by atoms with Crippen LogP contribution in [0.15, 0.2) is 41.3 Å². The first-order valence-corrected chi connectivity index (χ1v) is 6.63. The number of rotatable bonds is 4. The van der Waals surface area contributed by atoms with Gasteiger partial charge >= 0.3 is 0 Å². The number of benzene rings is 1. The van der Waals surface area contributed by atoms with E-state index >= 15 is 0 Å². The molecular formula is C10H11ClO3S. The molecule has 0 heterocycles. The number of allylic oxidation sites excluding steroid dienone is 1. The van der Waals surface area contributed by atoms with Gasteiger partial charge in [-0.2, -0.15) is 0 Å². The molecule has 0 fully saturated rings. The average Bonchev–Trinajstić information content (AvgIpc) is 2.18. The Bertz CT molecular complexity index is 434. The van der Waals surface area contributed by atoms with E-state index in [1.165, 1.54) is 12.1 Å². The lowest BCUT2D eigenvalue weighted by Gasteiger charge is -2.03. The third kappa shape index (κ3) is 3.93. The topological polar surface area (TPSA) is 43.4 Å². The second-order valence-electron chi connectivity index (χ2n) is 2.79. The maximum atomic E-state index is 10.9. The van der Waals surface area contributed by atoms with Crippen molar-refractivity contribution < 1.29 is 13.2 Å². The quantitative estimate of drug-likeness (QED) is 0.606. The fourth-order valence-corrected chi connectivity index (χ4v) is 1.71. The van der Waals surface area contributed by atoms with Crippen LogP contribution >= 0.6 is 10.7 Å². The van der Waals surface area contributed by atoms with Gasteiger partial charge in [0.1, 0.15) is 12.4 Å². The van der Waals surface area contributed by atoms with Crippen LogP contribution in [0.2, 0.25) is 0 Å². The molecule has 0 saturated carbocycles. The van der Waals surface area contributed by atoms with Crippen LogP contribution in [0.25, 0.3) is 0 Å². The van der Waals surface area contributed by atoms with Crippen LogP contribution in [-0.4, -0.2) is 15.0 Å². The second-order valence-corrected chi connectivity index (χ2v) is 5.36. The normalized spacial score (nSPS) is 11.9. The first kappa shape index (κ1) is 12.1. The van der Waals surface area contributed by atoms with Gasteiger partial charge in [-0.15, -0.1) is 0 Å². The molecule has 15 heavy (non-hydrogen) atoms. The zero-order valence-electron chi connectivity index (χ0n) is 8.18. The second kappa shape index (κ2) is 5.19. The summed E-state index contributed by atoms with van der Waals surface area (Å²) >= 11 is 0. The fraction of sp³-hybridized carbons (Fsp3) is 0.200. The first-order chi connectivity index (χ1) is 7.04. The van der Waals surface area contributed by atoms with Gasteiger partial charge in [-0.3, -0.25) is 0 Å². The number of ether oxygens (including phenoxy) is 1. The zero-order valence-corrected chi connectivity index (χ0v) is 9.75. The minimum Gasteiger partial charge on any atom is -0.490 e. The molecule has 3 nitrogen and oxygen atoms in total. The van der Waals surface area contributed by atoms with E-state index in [1.807, 2.05) is 19.1 Å². The Morgan fingerprint density at radius 2 is 1.93 bits per heavy atom. The average molecular weight is 247 g/mol. The predicted octanol–water partition coefficient (Wildman–Crippen LogP) is 2.57. The highest BCUT2D eigenvalue weighted by Gasteiger charge is 2.08. The number of hydrogen-bond acceptors (Lipinski definition) is 3. The van der Waals surface area contributed by atoms with E-state index in [0.717, 1.165) is 0 Å². The summed E-state index contributed by atoms with van der Waals surface area (Å²) in [5.74, 6) is 0.608. The maximum absolute atomic E-state index is 10.9. The van der Waals surface area contributed by atoms with E-state index in [0.29, 0.717) is 12.4 Å². The molecule has 1 aromatic carbocycles. The summed E-state index contributed by atoms with van der Waals surface area (Å²) < 4.78 is 27.1. The Balaban J connectivity index is 2.73. The molecule has 0 atom stereocenters. The lowest BCUT2D eigenvalue weighted by atomic mass is 10.3. The Labute approximate surface area is 93.7 Å². The van der Waals surface area contributed by atoms with Crippen molar-refractivity contribution in [3.05, 3.63) is 36.4 Å². The molecule has 0 radical (unpaired) electrons. The Kier molecular flexibility index (Phi) is 4.17. The molecule has 0 N–H and O–H groups in total. The van der Waals surface area contributed by atoms with E-state index in [2.05, 4.69) is 0 Å². The van der Waals surface area contributed by atoms with E-state index < -0.39 is 9.05 Å². The van der Waals surface area contributed by atoms with Crippen LogP contribution in [0.4, 0.5) is 0 Å². The highest BCUT2D eigenvalue weighted by molar-refractivity contribution is 8.13. The molecular weight excluding hydrogens is 236 g/mol. The van der Waals surface area contributed by atoms with Crippen molar-refractivity contribution in [1.82, 2.24) is 0 Å². The predicted molar refractivity (Wildman–Crippen MR) is 59.8 cm³/mol.